The largest absolute Gasteiger partial charge is 0.312 e. The van der Waals surface area contributed by atoms with Crippen LogP contribution in [0.1, 0.15) is 24.5 Å². The summed E-state index contributed by atoms with van der Waals surface area (Å²) in [7, 11) is -3.73. The van der Waals surface area contributed by atoms with Crippen molar-refractivity contribution in [2.45, 2.75) is 31.1 Å². The molecule has 2 aromatic rings. The highest BCUT2D eigenvalue weighted by molar-refractivity contribution is 9.10. The first-order chi connectivity index (χ1) is 12.8. The molecule has 0 bridgehead atoms. The monoisotopic (exact) mass is 470 g/mol. The summed E-state index contributed by atoms with van der Waals surface area (Å²) in [6, 6.07) is 10.7. The van der Waals surface area contributed by atoms with Crippen molar-refractivity contribution >= 4 is 49.1 Å². The zero-order valence-electron chi connectivity index (χ0n) is 14.8. The Morgan fingerprint density at radius 1 is 1.30 bits per heavy atom. The maximum absolute atomic E-state index is 12.8. The van der Waals surface area contributed by atoms with Gasteiger partial charge in [-0.25, -0.2) is 13.1 Å². The van der Waals surface area contributed by atoms with Crippen LogP contribution in [0.5, 0.6) is 0 Å². The summed E-state index contributed by atoms with van der Waals surface area (Å²) in [5, 5.41) is 0.615. The van der Waals surface area contributed by atoms with Crippen molar-refractivity contribution in [2.24, 2.45) is 0 Å². The van der Waals surface area contributed by atoms with Crippen LogP contribution in [0.3, 0.4) is 0 Å². The minimum Gasteiger partial charge on any atom is -0.312 e. The van der Waals surface area contributed by atoms with E-state index in [1.807, 2.05) is 18.2 Å². The summed E-state index contributed by atoms with van der Waals surface area (Å²) in [4.78, 5) is 13.9. The van der Waals surface area contributed by atoms with Crippen LogP contribution in [0.15, 0.2) is 45.8 Å². The van der Waals surface area contributed by atoms with Crippen LogP contribution in [0.4, 0.5) is 5.69 Å². The summed E-state index contributed by atoms with van der Waals surface area (Å²) in [5.74, 6) is -0.00824. The van der Waals surface area contributed by atoms with Crippen LogP contribution < -0.4 is 9.62 Å². The fourth-order valence-corrected chi connectivity index (χ4v) is 5.51. The van der Waals surface area contributed by atoms with E-state index in [-0.39, 0.29) is 17.3 Å². The van der Waals surface area contributed by atoms with Gasteiger partial charge in [0.1, 0.15) is 0 Å². The summed E-state index contributed by atoms with van der Waals surface area (Å²) in [6.45, 7) is 2.61. The molecular weight excluding hydrogens is 452 g/mol. The van der Waals surface area contributed by atoms with E-state index < -0.39 is 10.0 Å². The molecule has 0 saturated heterocycles. The van der Waals surface area contributed by atoms with E-state index >= 15 is 0 Å². The lowest BCUT2D eigenvalue weighted by Gasteiger charge is -2.18. The number of halogens is 2. The number of amides is 1. The molecule has 2 aromatic carbocycles. The Morgan fingerprint density at radius 3 is 2.74 bits per heavy atom. The third kappa shape index (κ3) is 4.37. The second kappa shape index (κ2) is 8.31. The molecule has 0 atom stereocenters. The maximum atomic E-state index is 12.8. The Balaban J connectivity index is 1.80. The molecule has 0 spiro atoms. The van der Waals surface area contributed by atoms with Gasteiger partial charge in [-0.15, -0.1) is 0 Å². The second-order valence-corrected chi connectivity index (χ2v) is 9.30. The molecule has 1 N–H and O–H groups in total. The van der Waals surface area contributed by atoms with Crippen molar-refractivity contribution < 1.29 is 13.2 Å². The highest BCUT2D eigenvalue weighted by atomic mass is 79.9. The van der Waals surface area contributed by atoms with Gasteiger partial charge in [0.25, 0.3) is 0 Å². The lowest BCUT2D eigenvalue weighted by atomic mass is 10.1. The molecule has 27 heavy (non-hydrogen) atoms. The molecule has 1 aliphatic rings. The number of sulfonamides is 1. The van der Waals surface area contributed by atoms with Crippen molar-refractivity contribution in [1.82, 2.24) is 4.72 Å². The van der Waals surface area contributed by atoms with Crippen LogP contribution >= 0.6 is 27.5 Å². The molecule has 3 rings (SSSR count). The van der Waals surface area contributed by atoms with Gasteiger partial charge in [0.15, 0.2) is 0 Å². The van der Waals surface area contributed by atoms with Gasteiger partial charge in [-0.1, -0.05) is 36.7 Å². The van der Waals surface area contributed by atoms with Gasteiger partial charge < -0.3 is 4.90 Å². The smallest absolute Gasteiger partial charge is 0.241 e. The first kappa shape index (κ1) is 20.3. The Morgan fingerprint density at radius 2 is 2.04 bits per heavy atom. The number of hydrogen-bond acceptors (Lipinski definition) is 3. The van der Waals surface area contributed by atoms with E-state index in [0.717, 1.165) is 17.5 Å². The third-order valence-corrected chi connectivity index (χ3v) is 7.35. The molecule has 144 valence electrons. The van der Waals surface area contributed by atoms with Crippen LogP contribution in [0.2, 0.25) is 5.02 Å². The molecule has 1 aliphatic heterocycles. The Bertz CT molecular complexity index is 979. The lowest BCUT2D eigenvalue weighted by molar-refractivity contribution is -0.118. The molecule has 1 heterocycles. The second-order valence-electron chi connectivity index (χ2n) is 6.30. The first-order valence-electron chi connectivity index (χ1n) is 8.69. The van der Waals surface area contributed by atoms with Crippen molar-refractivity contribution in [1.29, 1.82) is 0 Å². The fourth-order valence-electron chi connectivity index (χ4n) is 3.14. The average molecular weight is 472 g/mol. The van der Waals surface area contributed by atoms with Gasteiger partial charge in [0, 0.05) is 34.7 Å². The number of benzene rings is 2. The molecule has 0 aliphatic carbocycles. The van der Waals surface area contributed by atoms with E-state index in [9.17, 15) is 13.2 Å². The number of rotatable bonds is 6. The topological polar surface area (TPSA) is 66.5 Å². The first-order valence-corrected chi connectivity index (χ1v) is 11.3. The van der Waals surface area contributed by atoms with Gasteiger partial charge in [-0.3, -0.25) is 4.79 Å². The van der Waals surface area contributed by atoms with Gasteiger partial charge in [0.05, 0.1) is 4.90 Å². The number of anilines is 1. The Hall–Kier alpha value is -1.41. The van der Waals surface area contributed by atoms with Crippen LogP contribution in [-0.4, -0.2) is 27.4 Å². The summed E-state index contributed by atoms with van der Waals surface area (Å²) >= 11 is 9.48. The highest BCUT2D eigenvalue weighted by Gasteiger charge is 2.28. The van der Waals surface area contributed by atoms with Crippen molar-refractivity contribution in [3.05, 3.63) is 57.0 Å². The van der Waals surface area contributed by atoms with Crippen LogP contribution in [0, 0.1) is 0 Å². The highest BCUT2D eigenvalue weighted by Crippen LogP contribution is 2.35. The molecule has 0 fully saturated rings. The van der Waals surface area contributed by atoms with Crippen LogP contribution in [0.25, 0.3) is 0 Å². The van der Waals surface area contributed by atoms with Crippen molar-refractivity contribution in [2.75, 3.05) is 18.0 Å². The zero-order valence-corrected chi connectivity index (χ0v) is 18.0. The van der Waals surface area contributed by atoms with Gasteiger partial charge in [-0.05, 0) is 58.1 Å². The number of nitrogens with one attached hydrogen (secondary N) is 1. The summed E-state index contributed by atoms with van der Waals surface area (Å²) < 4.78 is 28.7. The lowest BCUT2D eigenvalue weighted by Crippen LogP contribution is -2.29. The van der Waals surface area contributed by atoms with Gasteiger partial charge in [0.2, 0.25) is 15.9 Å². The van der Waals surface area contributed by atoms with Crippen LogP contribution in [-0.2, 0) is 27.7 Å². The molecule has 8 heteroatoms. The van der Waals surface area contributed by atoms with E-state index in [2.05, 4.69) is 20.7 Å². The number of fused-ring (bicyclic) bond motifs is 1. The summed E-state index contributed by atoms with van der Waals surface area (Å²) in [5.41, 5.74) is 2.53. The van der Waals surface area contributed by atoms with Gasteiger partial charge in [-0.2, -0.15) is 0 Å². The number of nitrogens with zero attached hydrogens (tertiary/aromatic N) is 1. The minimum absolute atomic E-state index is 0.00824. The minimum atomic E-state index is -3.73. The molecule has 1 amide bonds. The van der Waals surface area contributed by atoms with Gasteiger partial charge >= 0.3 is 0 Å². The molecule has 0 unspecified atom stereocenters. The Labute approximate surface area is 172 Å². The van der Waals surface area contributed by atoms with E-state index in [0.29, 0.717) is 34.6 Å². The van der Waals surface area contributed by atoms with E-state index in [4.69, 9.17) is 11.6 Å². The molecule has 5 nitrogen and oxygen atoms in total. The molecule has 0 aromatic heterocycles. The fraction of sp³-hybridized carbons (Fsp3) is 0.316. The molecule has 0 saturated carbocycles. The summed E-state index contributed by atoms with van der Waals surface area (Å²) in [6.07, 6.45) is 1.59. The Kier molecular flexibility index (Phi) is 6.25. The van der Waals surface area contributed by atoms with E-state index in [1.165, 1.54) is 0 Å². The van der Waals surface area contributed by atoms with Crippen molar-refractivity contribution in [3.63, 3.8) is 0 Å². The number of carbonyl (C=O) groups excluding carboxylic acids is 1. The van der Waals surface area contributed by atoms with E-state index in [1.54, 1.807) is 30.0 Å². The number of carbonyl (C=O) groups is 1. The predicted octanol–water partition coefficient (Wildman–Crippen LogP) is 3.92. The zero-order chi connectivity index (χ0) is 19.6. The number of hydrogen-bond donors (Lipinski definition) is 1. The predicted molar refractivity (Wildman–Crippen MR) is 111 cm³/mol. The normalized spacial score (nSPS) is 13.7. The standard InChI is InChI=1S/C19H20BrClN2O3S/c1-2-19(24)23-10-8-14-11-15(20)18(12-17(14)23)27(25,26)22-9-7-13-5-3-4-6-16(13)21/h3-6,11-12,22H,2,7-10H2,1H3. The van der Waals surface area contributed by atoms with Crippen molar-refractivity contribution in [3.8, 4) is 0 Å². The quantitative estimate of drug-likeness (QED) is 0.694. The SMILES string of the molecule is CCC(=O)N1CCc2cc(Br)c(S(=O)(=O)NCCc3ccccc3Cl)cc21. The third-order valence-electron chi connectivity index (χ3n) is 4.57. The molecular formula is C19H20BrClN2O3S. The molecule has 0 radical (unpaired) electrons. The average Bonchev–Trinajstić information content (AvgIpc) is 3.04. The maximum Gasteiger partial charge on any atom is 0.241 e.